The molecule has 1 saturated heterocycles. The summed E-state index contributed by atoms with van der Waals surface area (Å²) in [5.41, 5.74) is 2.21. The number of ether oxygens (including phenoxy) is 1. The van der Waals surface area contributed by atoms with E-state index in [0.717, 1.165) is 21.8 Å². The Morgan fingerprint density at radius 1 is 0.950 bits per heavy atom. The molecule has 210 valence electrons. The van der Waals surface area contributed by atoms with Crippen molar-refractivity contribution in [1.82, 2.24) is 24.1 Å². The van der Waals surface area contributed by atoms with E-state index >= 15 is 0 Å². The number of nitrogens with zero attached hydrogens (tertiary/aromatic N) is 5. The highest BCUT2D eigenvalue weighted by Crippen LogP contribution is 2.55. The Morgan fingerprint density at radius 2 is 1.57 bits per heavy atom. The van der Waals surface area contributed by atoms with E-state index in [1.807, 2.05) is 53.1 Å². The van der Waals surface area contributed by atoms with Gasteiger partial charge in [0.25, 0.3) is 0 Å². The molecule has 0 spiro atoms. The average molecular weight is 610 g/mol. The first-order chi connectivity index (χ1) is 18.9. The smallest absolute Gasteiger partial charge is 0.340 e. The third kappa shape index (κ3) is 4.86. The Kier molecular flexibility index (Phi) is 6.83. The van der Waals surface area contributed by atoms with Gasteiger partial charge in [0.2, 0.25) is 5.28 Å². The van der Waals surface area contributed by atoms with Gasteiger partial charge in [-0.15, -0.1) is 0 Å². The highest BCUT2D eigenvalue weighted by atomic mass is 35.5. The Labute approximate surface area is 230 Å². The summed E-state index contributed by atoms with van der Waals surface area (Å²) < 4.78 is 36.9. The molecule has 3 aromatic heterocycles. The normalized spacial score (nSPS) is 23.4. The van der Waals surface area contributed by atoms with E-state index in [1.165, 1.54) is 10.9 Å². The minimum absolute atomic E-state index is 0.113. The highest BCUT2D eigenvalue weighted by Gasteiger charge is 2.46. The molecule has 1 fully saturated rings. The summed E-state index contributed by atoms with van der Waals surface area (Å²) in [4.78, 5) is 40.9. The van der Waals surface area contributed by atoms with Crippen molar-refractivity contribution in [3.8, 4) is 5.82 Å². The fraction of sp³-hybridized carbons (Fsp3) is 0.261. The quantitative estimate of drug-likeness (QED) is 0.133. The molecule has 0 bridgehead atoms. The van der Waals surface area contributed by atoms with Crippen molar-refractivity contribution in [2.24, 2.45) is 0 Å². The van der Waals surface area contributed by atoms with E-state index < -0.39 is 52.2 Å². The van der Waals surface area contributed by atoms with Gasteiger partial charge in [0.15, 0.2) is 29.1 Å². The fourth-order valence-electron chi connectivity index (χ4n) is 4.93. The monoisotopic (exact) mass is 609 g/mol. The highest BCUT2D eigenvalue weighted by molar-refractivity contribution is 7.70. The van der Waals surface area contributed by atoms with Crippen LogP contribution in [0.3, 0.4) is 0 Å². The number of hydrogen-bond donors (Lipinski definition) is 5. The van der Waals surface area contributed by atoms with Gasteiger partial charge in [0.1, 0.15) is 18.3 Å². The van der Waals surface area contributed by atoms with Crippen LogP contribution in [0.4, 0.5) is 0 Å². The molecule has 5 aromatic rings. The Morgan fingerprint density at radius 3 is 2.20 bits per heavy atom. The number of imidazole rings is 1. The molecule has 14 nitrogen and oxygen atoms in total. The van der Waals surface area contributed by atoms with Gasteiger partial charge in [-0.3, -0.25) is 18.3 Å². The van der Waals surface area contributed by atoms with Gasteiger partial charge in [-0.2, -0.15) is 9.97 Å². The van der Waals surface area contributed by atoms with Crippen LogP contribution in [0.1, 0.15) is 6.23 Å². The van der Waals surface area contributed by atoms with Crippen LogP contribution in [0.5, 0.6) is 0 Å². The van der Waals surface area contributed by atoms with Crippen LogP contribution in [0, 0.1) is 0 Å². The number of fused-ring (bicyclic) bond motifs is 4. The van der Waals surface area contributed by atoms with Crippen molar-refractivity contribution < 1.29 is 43.3 Å². The molecular weight excluding hydrogens is 588 g/mol. The van der Waals surface area contributed by atoms with Crippen LogP contribution in [-0.2, 0) is 18.4 Å². The molecule has 0 aliphatic carbocycles. The first-order valence-electron chi connectivity index (χ1n) is 11.8. The number of aromatic nitrogens is 5. The molecule has 5 atom stereocenters. The molecule has 0 radical (unpaired) electrons. The lowest BCUT2D eigenvalue weighted by molar-refractivity contribution is -0.0483. The minimum Gasteiger partial charge on any atom is -0.387 e. The molecule has 1 aliphatic rings. The maximum Gasteiger partial charge on any atom is 0.340 e. The zero-order valence-electron chi connectivity index (χ0n) is 20.3. The summed E-state index contributed by atoms with van der Waals surface area (Å²) in [6, 6.07) is 15.5. The largest absolute Gasteiger partial charge is 0.387 e. The van der Waals surface area contributed by atoms with Gasteiger partial charge >= 0.3 is 15.2 Å². The van der Waals surface area contributed by atoms with E-state index in [1.54, 1.807) is 0 Å². The summed E-state index contributed by atoms with van der Waals surface area (Å²) in [7, 11) is -9.56. The predicted octanol–water partition coefficient (Wildman–Crippen LogP) is 2.53. The van der Waals surface area contributed by atoms with Crippen LogP contribution < -0.4 is 0 Å². The SMILES string of the molecule is O=P(O)(O)CP(=O)(O)OC[C@H]1O[C@@H](n2cnc3c(-n4c5ccccc5c5ccccc54)nc(Cl)nc32)[C@@H](O)[C@H]1O. The number of hydrogen-bond acceptors (Lipinski definition) is 9. The summed E-state index contributed by atoms with van der Waals surface area (Å²) in [6.45, 7) is -0.725. The second-order valence-corrected chi connectivity index (χ2v) is 13.6. The number of halogens is 1. The molecular formula is C23H22ClN5O9P2. The maximum absolute atomic E-state index is 12.0. The van der Waals surface area contributed by atoms with E-state index in [2.05, 4.69) is 15.0 Å². The van der Waals surface area contributed by atoms with Gasteiger partial charge in [-0.05, 0) is 23.7 Å². The number of aliphatic hydroxyl groups is 2. The Hall–Kier alpha value is -2.74. The van der Waals surface area contributed by atoms with Crippen molar-refractivity contribution in [3.05, 3.63) is 60.1 Å². The van der Waals surface area contributed by atoms with Gasteiger partial charge in [-0.25, -0.2) is 4.98 Å². The fourth-order valence-corrected chi connectivity index (χ4v) is 7.66. The topological polar surface area (TPSA) is 202 Å². The molecule has 4 heterocycles. The second-order valence-electron chi connectivity index (χ2n) is 9.30. The summed E-state index contributed by atoms with van der Waals surface area (Å²) in [6.07, 6.45) is -4.36. The molecule has 5 N–H and O–H groups in total. The molecule has 0 amide bonds. The standard InChI is InChI=1S/C23H22ClN5O9P2/c24-23-26-20-17(21(27-23)29-14-7-3-1-5-12(14)13-6-2-4-8-15(13)29)25-10-28(20)22-19(31)18(30)16(38-22)9-37-40(35,36)11-39(32,33)34/h1-8,10,16,18-19,22,30-31H,9,11H2,(H,35,36)(H2,32,33,34)/t16-,18+,19+,22-/m1/s1. The van der Waals surface area contributed by atoms with E-state index in [4.69, 9.17) is 30.6 Å². The third-order valence-corrected chi connectivity index (χ3v) is 10.2. The van der Waals surface area contributed by atoms with E-state index in [9.17, 15) is 24.2 Å². The number of benzene rings is 2. The van der Waals surface area contributed by atoms with Crippen LogP contribution in [0.2, 0.25) is 5.28 Å². The molecule has 0 saturated carbocycles. The van der Waals surface area contributed by atoms with Crippen LogP contribution in [0.15, 0.2) is 54.9 Å². The van der Waals surface area contributed by atoms with Crippen LogP contribution in [-0.4, -0.2) is 79.8 Å². The minimum atomic E-state index is -4.85. The Balaban J connectivity index is 1.38. The molecule has 2 aromatic carbocycles. The maximum atomic E-state index is 12.0. The molecule has 6 rings (SSSR count). The van der Waals surface area contributed by atoms with Gasteiger partial charge < -0.3 is 34.2 Å². The lowest BCUT2D eigenvalue weighted by Gasteiger charge is -2.18. The van der Waals surface area contributed by atoms with Crippen molar-refractivity contribution in [2.75, 3.05) is 12.5 Å². The summed E-state index contributed by atoms with van der Waals surface area (Å²) in [5, 5.41) is 23.2. The molecule has 40 heavy (non-hydrogen) atoms. The van der Waals surface area contributed by atoms with Gasteiger partial charge in [0, 0.05) is 10.8 Å². The summed E-state index contributed by atoms with van der Waals surface area (Å²) in [5.74, 6) is -1.03. The van der Waals surface area contributed by atoms with Crippen LogP contribution >= 0.6 is 26.8 Å². The summed E-state index contributed by atoms with van der Waals surface area (Å²) >= 11 is 6.35. The van der Waals surface area contributed by atoms with E-state index in [-0.39, 0.29) is 10.9 Å². The predicted molar refractivity (Wildman–Crippen MR) is 143 cm³/mol. The second kappa shape index (κ2) is 9.97. The number of para-hydroxylation sites is 2. The van der Waals surface area contributed by atoms with Crippen molar-refractivity contribution in [1.29, 1.82) is 0 Å². The van der Waals surface area contributed by atoms with Gasteiger partial charge in [0.05, 0.1) is 24.0 Å². The lowest BCUT2D eigenvalue weighted by atomic mass is 10.1. The Bertz CT molecular complexity index is 1800. The van der Waals surface area contributed by atoms with Crippen molar-refractivity contribution in [2.45, 2.75) is 24.5 Å². The average Bonchev–Trinajstić information content (AvgIpc) is 3.53. The third-order valence-electron chi connectivity index (χ3n) is 6.58. The lowest BCUT2D eigenvalue weighted by Crippen LogP contribution is -2.33. The van der Waals surface area contributed by atoms with Crippen molar-refractivity contribution in [3.63, 3.8) is 0 Å². The first kappa shape index (κ1) is 27.4. The van der Waals surface area contributed by atoms with Crippen molar-refractivity contribution >= 4 is 59.8 Å². The zero-order chi connectivity index (χ0) is 28.4. The van der Waals surface area contributed by atoms with Gasteiger partial charge in [-0.1, -0.05) is 36.4 Å². The molecule has 1 aliphatic heterocycles. The zero-order valence-corrected chi connectivity index (χ0v) is 22.8. The van der Waals surface area contributed by atoms with E-state index in [0.29, 0.717) is 11.3 Å². The van der Waals surface area contributed by atoms with Crippen LogP contribution in [0.25, 0.3) is 38.8 Å². The number of aliphatic hydroxyl groups excluding tert-OH is 2. The first-order valence-corrected chi connectivity index (χ1v) is 15.8. The molecule has 1 unspecified atom stereocenters. The molecule has 17 heteroatoms. The number of rotatable bonds is 7.